The predicted octanol–water partition coefficient (Wildman–Crippen LogP) is 4.98. The summed E-state index contributed by atoms with van der Waals surface area (Å²) in [6, 6.07) is 0. The van der Waals surface area contributed by atoms with E-state index >= 15 is 0 Å². The van der Waals surface area contributed by atoms with E-state index in [1.165, 1.54) is 5.57 Å². The molecule has 15 heavy (non-hydrogen) atoms. The van der Waals surface area contributed by atoms with E-state index in [2.05, 4.69) is 25.7 Å². The molecule has 0 nitrogen and oxygen atoms in total. The zero-order chi connectivity index (χ0) is 11.9. The zero-order valence-electron chi connectivity index (χ0n) is 10.4. The highest BCUT2D eigenvalue weighted by molar-refractivity contribution is 5.19. The molecule has 0 aliphatic heterocycles. The molecule has 0 heterocycles. The molecule has 0 bridgehead atoms. The second-order valence-corrected chi connectivity index (χ2v) is 4.17. The lowest BCUT2D eigenvalue weighted by atomic mass is 9.92. The van der Waals surface area contributed by atoms with E-state index in [4.69, 9.17) is 0 Å². The molecule has 0 spiro atoms. The van der Waals surface area contributed by atoms with Crippen molar-refractivity contribution in [2.45, 2.75) is 52.6 Å². The van der Waals surface area contributed by atoms with Crippen LogP contribution in [0.5, 0.6) is 0 Å². The summed E-state index contributed by atoms with van der Waals surface area (Å²) in [6.07, 6.45) is 8.48. The summed E-state index contributed by atoms with van der Waals surface area (Å²) in [5.41, 5.74) is 0.581. The van der Waals surface area contributed by atoms with Crippen molar-refractivity contribution < 1.29 is 4.39 Å². The molecule has 1 heteroatoms. The molecule has 0 radical (unpaired) electrons. The Labute approximate surface area is 93.6 Å². The van der Waals surface area contributed by atoms with Gasteiger partial charge in [-0.2, -0.15) is 0 Å². The van der Waals surface area contributed by atoms with Gasteiger partial charge in [0.25, 0.3) is 0 Å². The van der Waals surface area contributed by atoms with Crippen LogP contribution in [0.3, 0.4) is 0 Å². The van der Waals surface area contributed by atoms with Gasteiger partial charge in [-0.05, 0) is 45.6 Å². The molecule has 0 N–H and O–H groups in total. The molecular formula is C14H23F. The second-order valence-electron chi connectivity index (χ2n) is 4.17. The van der Waals surface area contributed by atoms with E-state index in [9.17, 15) is 4.39 Å². The van der Waals surface area contributed by atoms with Gasteiger partial charge in [-0.3, -0.25) is 0 Å². The summed E-state index contributed by atoms with van der Waals surface area (Å²) < 4.78 is 13.9. The van der Waals surface area contributed by atoms with Crippen molar-refractivity contribution in [1.29, 1.82) is 0 Å². The van der Waals surface area contributed by atoms with Crippen LogP contribution in [0, 0.1) is 0 Å². The molecule has 0 aliphatic rings. The van der Waals surface area contributed by atoms with Crippen LogP contribution in [0.1, 0.15) is 47.0 Å². The lowest BCUT2D eigenvalue weighted by Gasteiger charge is -2.20. The summed E-state index contributed by atoms with van der Waals surface area (Å²) in [6.45, 7) is 11.1. The smallest absolute Gasteiger partial charge is 0.129 e. The molecule has 0 aromatic heterocycles. The third kappa shape index (κ3) is 5.56. The van der Waals surface area contributed by atoms with Gasteiger partial charge in [-0.25, -0.2) is 4.39 Å². The number of hydrogen-bond donors (Lipinski definition) is 0. The van der Waals surface area contributed by atoms with Crippen molar-refractivity contribution in [1.82, 2.24) is 0 Å². The number of allylic oxidation sites excluding steroid dienone is 5. The molecule has 0 aromatic rings. The molecule has 0 fully saturated rings. The van der Waals surface area contributed by atoms with Gasteiger partial charge in [0.1, 0.15) is 5.67 Å². The van der Waals surface area contributed by atoms with E-state index < -0.39 is 5.67 Å². The van der Waals surface area contributed by atoms with Crippen molar-refractivity contribution in [3.8, 4) is 0 Å². The average molecular weight is 210 g/mol. The number of rotatable bonds is 6. The van der Waals surface area contributed by atoms with Gasteiger partial charge in [0.2, 0.25) is 0 Å². The first-order valence-electron chi connectivity index (χ1n) is 5.60. The van der Waals surface area contributed by atoms with Crippen LogP contribution in [-0.4, -0.2) is 5.67 Å². The molecule has 0 saturated carbocycles. The van der Waals surface area contributed by atoms with Gasteiger partial charge in [0, 0.05) is 0 Å². The molecule has 0 rings (SSSR count). The van der Waals surface area contributed by atoms with Gasteiger partial charge in [0.05, 0.1) is 0 Å². The monoisotopic (exact) mass is 210 g/mol. The Balaban J connectivity index is 4.34. The van der Waals surface area contributed by atoms with Crippen LogP contribution < -0.4 is 0 Å². The number of alkyl halides is 1. The minimum atomic E-state index is -1.24. The van der Waals surface area contributed by atoms with Crippen molar-refractivity contribution >= 4 is 0 Å². The van der Waals surface area contributed by atoms with Crippen LogP contribution in [0.15, 0.2) is 36.0 Å². The predicted molar refractivity (Wildman–Crippen MR) is 66.7 cm³/mol. The van der Waals surface area contributed by atoms with Gasteiger partial charge in [-0.15, -0.1) is 0 Å². The molecule has 0 saturated heterocycles. The normalized spacial score (nSPS) is 16.7. The maximum Gasteiger partial charge on any atom is 0.129 e. The van der Waals surface area contributed by atoms with E-state index in [-0.39, 0.29) is 0 Å². The number of halogens is 1. The standard InChI is InChI=1S/C14H23F/c1-6-8-13(9-7-2)10-11-14(5,15)12(3)4/h6,8-9H,3,7,10-11H2,1-2,4-5H3/b8-6-,13-9+. The Morgan fingerprint density at radius 2 is 2.07 bits per heavy atom. The van der Waals surface area contributed by atoms with Gasteiger partial charge in [0.15, 0.2) is 0 Å². The highest BCUT2D eigenvalue weighted by Gasteiger charge is 2.23. The van der Waals surface area contributed by atoms with Crippen molar-refractivity contribution in [3.05, 3.63) is 36.0 Å². The second kappa shape index (κ2) is 6.60. The van der Waals surface area contributed by atoms with Crippen LogP contribution in [0.25, 0.3) is 0 Å². The Kier molecular flexibility index (Phi) is 6.23. The Morgan fingerprint density at radius 3 is 2.47 bits per heavy atom. The van der Waals surface area contributed by atoms with Crippen LogP contribution >= 0.6 is 0 Å². The van der Waals surface area contributed by atoms with E-state index in [1.807, 2.05) is 13.0 Å². The van der Waals surface area contributed by atoms with Crippen LogP contribution in [-0.2, 0) is 0 Å². The largest absolute Gasteiger partial charge is 0.239 e. The minimum absolute atomic E-state index is 0.512. The van der Waals surface area contributed by atoms with Gasteiger partial charge >= 0.3 is 0 Å². The highest BCUT2D eigenvalue weighted by atomic mass is 19.1. The quantitative estimate of drug-likeness (QED) is 0.428. The first-order valence-corrected chi connectivity index (χ1v) is 5.60. The van der Waals surface area contributed by atoms with Gasteiger partial charge in [-0.1, -0.05) is 37.3 Å². The fourth-order valence-electron chi connectivity index (χ4n) is 1.32. The fraction of sp³-hybridized carbons (Fsp3) is 0.571. The van der Waals surface area contributed by atoms with Crippen LogP contribution in [0.2, 0.25) is 0 Å². The SMILES string of the molecule is C=C(C)C(C)(F)CCC(/C=C\C)=C/CC. The maximum absolute atomic E-state index is 13.9. The average Bonchev–Trinajstić information content (AvgIpc) is 2.15. The van der Waals surface area contributed by atoms with E-state index in [0.29, 0.717) is 12.0 Å². The molecule has 1 unspecified atom stereocenters. The van der Waals surface area contributed by atoms with Crippen molar-refractivity contribution in [2.24, 2.45) is 0 Å². The van der Waals surface area contributed by atoms with Crippen molar-refractivity contribution in [3.63, 3.8) is 0 Å². The molecule has 0 aliphatic carbocycles. The lowest BCUT2D eigenvalue weighted by molar-refractivity contribution is 0.224. The van der Waals surface area contributed by atoms with E-state index in [1.54, 1.807) is 13.8 Å². The summed E-state index contributed by atoms with van der Waals surface area (Å²) in [7, 11) is 0. The Morgan fingerprint density at radius 1 is 1.47 bits per heavy atom. The first-order chi connectivity index (χ1) is 6.94. The molecular weight excluding hydrogens is 187 g/mol. The maximum atomic E-state index is 13.9. The Hall–Kier alpha value is -0.850. The third-order valence-electron chi connectivity index (χ3n) is 2.62. The van der Waals surface area contributed by atoms with E-state index in [0.717, 1.165) is 12.8 Å². The number of hydrogen-bond acceptors (Lipinski definition) is 0. The van der Waals surface area contributed by atoms with Crippen molar-refractivity contribution in [2.75, 3.05) is 0 Å². The topological polar surface area (TPSA) is 0 Å². The molecule has 1 atom stereocenters. The zero-order valence-corrected chi connectivity index (χ0v) is 10.4. The highest BCUT2D eigenvalue weighted by Crippen LogP contribution is 2.27. The molecule has 0 amide bonds. The summed E-state index contributed by atoms with van der Waals surface area (Å²) in [5, 5.41) is 0. The van der Waals surface area contributed by atoms with Crippen LogP contribution in [0.4, 0.5) is 4.39 Å². The Bertz CT molecular complexity index is 257. The third-order valence-corrected chi connectivity index (χ3v) is 2.62. The van der Waals surface area contributed by atoms with Gasteiger partial charge < -0.3 is 0 Å². The molecule has 86 valence electrons. The minimum Gasteiger partial charge on any atom is -0.239 e. The summed E-state index contributed by atoms with van der Waals surface area (Å²) >= 11 is 0. The fourth-order valence-corrected chi connectivity index (χ4v) is 1.32. The first kappa shape index (κ1) is 14.2. The lowest BCUT2D eigenvalue weighted by Crippen LogP contribution is -2.18. The summed E-state index contributed by atoms with van der Waals surface area (Å²) in [5.74, 6) is 0. The summed E-state index contributed by atoms with van der Waals surface area (Å²) in [4.78, 5) is 0. The molecule has 0 aromatic carbocycles.